The number of likely N-dealkylation sites (N-methyl/N-ethyl adjacent to an activating group) is 1. The number of benzene rings is 2. The van der Waals surface area contributed by atoms with E-state index in [4.69, 9.17) is 26.3 Å². The van der Waals surface area contributed by atoms with Crippen molar-refractivity contribution in [1.82, 2.24) is 19.8 Å². The molecule has 0 aliphatic carbocycles. The van der Waals surface area contributed by atoms with Crippen molar-refractivity contribution < 1.29 is 27.1 Å². The quantitative estimate of drug-likeness (QED) is 0.256. The number of amides is 1. The minimum absolute atomic E-state index is 0.00804. The Bertz CT molecular complexity index is 1730. The topological polar surface area (TPSA) is 88.8 Å². The molecular weight excluding hydrogens is 626 g/mol. The van der Waals surface area contributed by atoms with Crippen molar-refractivity contribution in [2.75, 3.05) is 56.2 Å². The van der Waals surface area contributed by atoms with Crippen molar-refractivity contribution in [3.05, 3.63) is 64.8 Å². The Labute approximate surface area is 268 Å². The minimum atomic E-state index is -2.82. The third-order valence-electron chi connectivity index (χ3n) is 8.92. The molecule has 9 nitrogen and oxygen atoms in total. The monoisotopic (exact) mass is 657 g/mol. The number of halogens is 5. The lowest BCUT2D eigenvalue weighted by atomic mass is 10.0. The highest BCUT2D eigenvalue weighted by Gasteiger charge is 2.43. The Morgan fingerprint density at radius 2 is 1.98 bits per heavy atom. The van der Waals surface area contributed by atoms with Gasteiger partial charge in [-0.2, -0.15) is 15.2 Å². The van der Waals surface area contributed by atoms with Gasteiger partial charge < -0.3 is 19.4 Å². The van der Waals surface area contributed by atoms with Gasteiger partial charge in [0.2, 0.25) is 0 Å². The number of rotatable bonds is 7. The van der Waals surface area contributed by atoms with E-state index in [0.717, 1.165) is 16.6 Å². The fourth-order valence-corrected chi connectivity index (χ4v) is 6.91. The summed E-state index contributed by atoms with van der Waals surface area (Å²) in [6, 6.07) is 9.54. The number of carbonyl (C=O) groups excluding carboxylic acids is 1. The van der Waals surface area contributed by atoms with Gasteiger partial charge in [-0.05, 0) is 31.0 Å². The van der Waals surface area contributed by atoms with Gasteiger partial charge in [0.05, 0.1) is 42.3 Å². The zero-order valence-electron chi connectivity index (χ0n) is 25.2. The van der Waals surface area contributed by atoms with Crippen molar-refractivity contribution in [1.29, 1.82) is 5.26 Å². The van der Waals surface area contributed by atoms with Crippen LogP contribution in [0.4, 0.5) is 29.1 Å². The van der Waals surface area contributed by atoms with Crippen LogP contribution in [0.2, 0.25) is 5.02 Å². The molecule has 14 heteroatoms. The van der Waals surface area contributed by atoms with E-state index in [2.05, 4.69) is 12.6 Å². The van der Waals surface area contributed by atoms with E-state index in [1.807, 2.05) is 28.0 Å². The molecule has 2 fully saturated rings. The molecule has 0 unspecified atom stereocenters. The number of likely N-dealkylation sites (tertiary alicyclic amines) is 1. The molecule has 2 atom stereocenters. The molecule has 0 bridgehead atoms. The maximum atomic E-state index is 14.5. The van der Waals surface area contributed by atoms with Crippen LogP contribution in [-0.4, -0.2) is 90.1 Å². The number of ether oxygens (including phenoxy) is 1. The standard InChI is InChI=1S/C32H32ClF4N7O2/c1-19(34)30(45)44-13-12-43(15-21(44)8-10-38)29-23-9-11-42(26-5-3-4-20-6-7-24(35)28(33)27(20)26)16-25(23)39-31(40-29)46-17-22-14-32(36,37)18-41(22)2/h3-7,21-22H,1,8-9,11-18H2,2H3/t21-,22-/m0/s1. The van der Waals surface area contributed by atoms with Crippen LogP contribution in [0.3, 0.4) is 0 Å². The normalized spacial score (nSPS) is 21.3. The van der Waals surface area contributed by atoms with E-state index in [1.54, 1.807) is 18.0 Å². The Hall–Kier alpha value is -4.15. The number of carbonyl (C=O) groups is 1. The van der Waals surface area contributed by atoms with Crippen LogP contribution in [0.1, 0.15) is 24.1 Å². The van der Waals surface area contributed by atoms with Crippen LogP contribution < -0.4 is 14.5 Å². The molecule has 242 valence electrons. The SMILES string of the molecule is C=C(F)C(=O)N1CCN(c2nc(OC[C@@H]3CC(F)(F)CN3C)nc3c2CCN(c2cccc4ccc(F)c(Cl)c24)C3)C[C@@H]1CC#N. The summed E-state index contributed by atoms with van der Waals surface area (Å²) in [6.07, 6.45) is 0.120. The molecule has 3 aliphatic rings. The summed E-state index contributed by atoms with van der Waals surface area (Å²) in [5, 5.41) is 10.9. The number of nitrogens with zero attached hydrogens (tertiary/aromatic N) is 7. The lowest BCUT2D eigenvalue weighted by Gasteiger charge is -2.42. The molecule has 2 saturated heterocycles. The number of nitriles is 1. The first-order valence-corrected chi connectivity index (χ1v) is 15.3. The van der Waals surface area contributed by atoms with E-state index < -0.39 is 35.6 Å². The Morgan fingerprint density at radius 3 is 2.70 bits per heavy atom. The summed E-state index contributed by atoms with van der Waals surface area (Å²) < 4.78 is 62.4. The first-order chi connectivity index (χ1) is 22.0. The molecular formula is C32H32ClF4N7O2. The van der Waals surface area contributed by atoms with Gasteiger partial charge in [-0.15, -0.1) is 0 Å². The van der Waals surface area contributed by atoms with Crippen LogP contribution in [0.25, 0.3) is 10.8 Å². The fraction of sp³-hybridized carbons (Fsp3) is 0.438. The van der Waals surface area contributed by atoms with Crippen LogP contribution in [0.5, 0.6) is 6.01 Å². The number of anilines is 2. The lowest BCUT2D eigenvalue weighted by Crippen LogP contribution is -2.55. The molecule has 4 heterocycles. The Kier molecular flexibility index (Phi) is 8.69. The number of hydrogen-bond acceptors (Lipinski definition) is 8. The number of aromatic nitrogens is 2. The van der Waals surface area contributed by atoms with Gasteiger partial charge in [0.1, 0.15) is 18.2 Å². The van der Waals surface area contributed by atoms with E-state index in [-0.39, 0.29) is 50.1 Å². The third-order valence-corrected chi connectivity index (χ3v) is 9.29. The second-order valence-electron chi connectivity index (χ2n) is 12.0. The minimum Gasteiger partial charge on any atom is -0.462 e. The number of piperazine rings is 1. The molecule has 0 radical (unpaired) electrons. The van der Waals surface area contributed by atoms with Gasteiger partial charge >= 0.3 is 6.01 Å². The zero-order chi connectivity index (χ0) is 32.7. The first-order valence-electron chi connectivity index (χ1n) is 15.0. The summed E-state index contributed by atoms with van der Waals surface area (Å²) in [6.45, 7) is 4.17. The van der Waals surface area contributed by atoms with Crippen molar-refractivity contribution in [2.45, 2.75) is 43.8 Å². The molecule has 0 saturated carbocycles. The third kappa shape index (κ3) is 6.16. The maximum Gasteiger partial charge on any atom is 0.318 e. The zero-order valence-corrected chi connectivity index (χ0v) is 25.9. The summed E-state index contributed by atoms with van der Waals surface area (Å²) in [5.74, 6) is -4.75. The smallest absolute Gasteiger partial charge is 0.318 e. The summed E-state index contributed by atoms with van der Waals surface area (Å²) in [5.41, 5.74) is 2.20. The van der Waals surface area contributed by atoms with Crippen LogP contribution in [-0.2, 0) is 17.8 Å². The van der Waals surface area contributed by atoms with Gasteiger partial charge in [-0.3, -0.25) is 9.69 Å². The summed E-state index contributed by atoms with van der Waals surface area (Å²) in [4.78, 5) is 28.8. The van der Waals surface area contributed by atoms with Crippen molar-refractivity contribution in [2.24, 2.45) is 0 Å². The molecule has 1 aromatic heterocycles. The Balaban J connectivity index is 1.35. The summed E-state index contributed by atoms with van der Waals surface area (Å²) >= 11 is 6.44. The van der Waals surface area contributed by atoms with E-state index in [0.29, 0.717) is 43.0 Å². The second-order valence-corrected chi connectivity index (χ2v) is 12.3. The number of alkyl halides is 2. The largest absolute Gasteiger partial charge is 0.462 e. The second kappa shape index (κ2) is 12.6. The van der Waals surface area contributed by atoms with E-state index in [9.17, 15) is 27.6 Å². The van der Waals surface area contributed by atoms with Gasteiger partial charge in [0.15, 0.2) is 5.83 Å². The van der Waals surface area contributed by atoms with Gasteiger partial charge in [-0.25, -0.2) is 17.6 Å². The molecule has 1 amide bonds. The average molecular weight is 658 g/mol. The van der Waals surface area contributed by atoms with Crippen molar-refractivity contribution in [3.63, 3.8) is 0 Å². The highest BCUT2D eigenvalue weighted by Crippen LogP contribution is 2.38. The van der Waals surface area contributed by atoms with Gasteiger partial charge in [0, 0.05) is 55.3 Å². The molecule has 0 N–H and O–H groups in total. The van der Waals surface area contributed by atoms with E-state index in [1.165, 1.54) is 11.0 Å². The highest BCUT2D eigenvalue weighted by molar-refractivity contribution is 6.36. The highest BCUT2D eigenvalue weighted by atomic mass is 35.5. The lowest BCUT2D eigenvalue weighted by molar-refractivity contribution is -0.131. The molecule has 46 heavy (non-hydrogen) atoms. The van der Waals surface area contributed by atoms with Gasteiger partial charge in [0.25, 0.3) is 11.8 Å². The van der Waals surface area contributed by atoms with E-state index >= 15 is 0 Å². The number of fused-ring (bicyclic) bond motifs is 2. The van der Waals surface area contributed by atoms with Crippen LogP contribution >= 0.6 is 11.6 Å². The molecule has 0 spiro atoms. The van der Waals surface area contributed by atoms with Gasteiger partial charge in [-0.1, -0.05) is 36.4 Å². The number of hydrogen-bond donors (Lipinski definition) is 0. The molecule has 3 aromatic rings. The first kappa shape index (κ1) is 31.8. The van der Waals surface area contributed by atoms with Crippen LogP contribution in [0.15, 0.2) is 42.7 Å². The molecule has 6 rings (SSSR count). The Morgan fingerprint density at radius 1 is 1.17 bits per heavy atom. The molecule has 3 aliphatic heterocycles. The predicted octanol–water partition coefficient (Wildman–Crippen LogP) is 5.12. The van der Waals surface area contributed by atoms with Crippen molar-refractivity contribution >= 4 is 39.8 Å². The average Bonchev–Trinajstić information content (AvgIpc) is 3.31. The molecule has 2 aromatic carbocycles. The summed E-state index contributed by atoms with van der Waals surface area (Å²) in [7, 11) is 1.62. The predicted molar refractivity (Wildman–Crippen MR) is 165 cm³/mol. The van der Waals surface area contributed by atoms with Crippen molar-refractivity contribution in [3.8, 4) is 12.1 Å². The van der Waals surface area contributed by atoms with Crippen LogP contribution in [0, 0.1) is 17.1 Å². The maximum absolute atomic E-state index is 14.5. The fourth-order valence-electron chi connectivity index (χ4n) is 6.64.